The highest BCUT2D eigenvalue weighted by molar-refractivity contribution is 7.98. The molecule has 10 heteroatoms. The number of carbonyl (C=O) groups is 1. The van der Waals surface area contributed by atoms with Gasteiger partial charge < -0.3 is 9.73 Å². The number of thioether (sulfide) groups is 1. The summed E-state index contributed by atoms with van der Waals surface area (Å²) < 4.78 is 30.8. The van der Waals surface area contributed by atoms with E-state index in [0.29, 0.717) is 12.1 Å². The fourth-order valence-corrected chi connectivity index (χ4v) is 3.72. The number of rotatable bonds is 7. The standard InChI is InChI=1S/C19H20N4O4S2/c1-23(2)29(25,26)16-10-6-14(7-11-16)18-21-22-19(27-18)17(24)20-12-13-4-8-15(28-3)9-5-13/h4-11H,12H2,1-3H3,(H,20,24). The van der Waals surface area contributed by atoms with Crippen LogP contribution in [-0.4, -0.2) is 49.2 Å². The van der Waals surface area contributed by atoms with Gasteiger partial charge in [0.05, 0.1) is 4.90 Å². The molecule has 0 unspecified atom stereocenters. The molecule has 0 aliphatic heterocycles. The fourth-order valence-electron chi connectivity index (χ4n) is 2.41. The van der Waals surface area contributed by atoms with Gasteiger partial charge in [-0.1, -0.05) is 12.1 Å². The summed E-state index contributed by atoms with van der Waals surface area (Å²) in [6.07, 6.45) is 2.00. The van der Waals surface area contributed by atoms with Crippen molar-refractivity contribution in [2.45, 2.75) is 16.3 Å². The largest absolute Gasteiger partial charge is 0.412 e. The van der Waals surface area contributed by atoms with E-state index in [-0.39, 0.29) is 16.7 Å². The minimum atomic E-state index is -3.52. The number of benzene rings is 2. The van der Waals surface area contributed by atoms with Crippen LogP contribution in [0.25, 0.3) is 11.5 Å². The Hall–Kier alpha value is -2.69. The lowest BCUT2D eigenvalue weighted by molar-refractivity contribution is 0.0917. The third-order valence-corrected chi connectivity index (χ3v) is 6.68. The number of aromatic nitrogens is 2. The third-order valence-electron chi connectivity index (χ3n) is 4.11. The lowest BCUT2D eigenvalue weighted by Gasteiger charge is -2.11. The summed E-state index contributed by atoms with van der Waals surface area (Å²) in [5.74, 6) is -0.511. The first kappa shape index (κ1) is 21.0. The third kappa shape index (κ3) is 4.84. The van der Waals surface area contributed by atoms with E-state index in [4.69, 9.17) is 4.42 Å². The van der Waals surface area contributed by atoms with Crippen molar-refractivity contribution in [3.63, 3.8) is 0 Å². The maximum Gasteiger partial charge on any atom is 0.309 e. The van der Waals surface area contributed by atoms with E-state index in [2.05, 4.69) is 15.5 Å². The van der Waals surface area contributed by atoms with Crippen molar-refractivity contribution in [2.24, 2.45) is 0 Å². The predicted octanol–water partition coefficient (Wildman–Crippen LogP) is 2.64. The first-order valence-electron chi connectivity index (χ1n) is 8.59. The first-order chi connectivity index (χ1) is 13.8. The van der Waals surface area contributed by atoms with E-state index in [0.717, 1.165) is 14.8 Å². The van der Waals surface area contributed by atoms with Crippen LogP contribution in [0.5, 0.6) is 0 Å². The number of nitrogens with one attached hydrogen (secondary N) is 1. The first-order valence-corrected chi connectivity index (χ1v) is 11.3. The van der Waals surface area contributed by atoms with Gasteiger partial charge in [-0.3, -0.25) is 4.79 Å². The lowest BCUT2D eigenvalue weighted by atomic mass is 10.2. The van der Waals surface area contributed by atoms with Gasteiger partial charge in [-0.25, -0.2) is 12.7 Å². The molecule has 0 radical (unpaired) electrons. The second-order valence-corrected chi connectivity index (χ2v) is 9.29. The highest BCUT2D eigenvalue weighted by Gasteiger charge is 2.19. The van der Waals surface area contributed by atoms with Crippen LogP contribution < -0.4 is 5.32 Å². The SMILES string of the molecule is CSc1ccc(CNC(=O)c2nnc(-c3ccc(S(=O)(=O)N(C)C)cc3)o2)cc1. The zero-order valence-electron chi connectivity index (χ0n) is 16.1. The molecule has 0 fully saturated rings. The normalized spacial score (nSPS) is 11.6. The van der Waals surface area contributed by atoms with E-state index in [1.54, 1.807) is 23.9 Å². The van der Waals surface area contributed by atoms with Crippen molar-refractivity contribution in [1.29, 1.82) is 0 Å². The zero-order valence-corrected chi connectivity index (χ0v) is 17.8. The lowest BCUT2D eigenvalue weighted by Crippen LogP contribution is -2.23. The fraction of sp³-hybridized carbons (Fsp3) is 0.211. The number of hydrogen-bond acceptors (Lipinski definition) is 7. The summed E-state index contributed by atoms with van der Waals surface area (Å²) in [4.78, 5) is 13.5. The number of amides is 1. The predicted molar refractivity (Wildman–Crippen MR) is 110 cm³/mol. The minimum Gasteiger partial charge on any atom is -0.412 e. The van der Waals surface area contributed by atoms with Gasteiger partial charge in [-0.2, -0.15) is 0 Å². The molecule has 0 aliphatic carbocycles. The van der Waals surface area contributed by atoms with E-state index in [9.17, 15) is 13.2 Å². The summed E-state index contributed by atoms with van der Waals surface area (Å²) in [6, 6.07) is 13.9. The average Bonchev–Trinajstić information content (AvgIpc) is 3.22. The highest BCUT2D eigenvalue weighted by Crippen LogP contribution is 2.21. The summed E-state index contributed by atoms with van der Waals surface area (Å²) in [5.41, 5.74) is 1.47. The van der Waals surface area contributed by atoms with Gasteiger partial charge in [0.15, 0.2) is 0 Å². The highest BCUT2D eigenvalue weighted by atomic mass is 32.2. The van der Waals surface area contributed by atoms with Crippen LogP contribution >= 0.6 is 11.8 Å². The minimum absolute atomic E-state index is 0.133. The smallest absolute Gasteiger partial charge is 0.309 e. The van der Waals surface area contributed by atoms with Crippen molar-refractivity contribution in [2.75, 3.05) is 20.4 Å². The van der Waals surface area contributed by atoms with Crippen LogP contribution in [0.3, 0.4) is 0 Å². The number of nitrogens with zero attached hydrogens (tertiary/aromatic N) is 3. The van der Waals surface area contributed by atoms with Crippen molar-refractivity contribution in [1.82, 2.24) is 19.8 Å². The molecule has 3 rings (SSSR count). The molecule has 1 N–H and O–H groups in total. The Balaban J connectivity index is 1.67. The van der Waals surface area contributed by atoms with Crippen molar-refractivity contribution in [3.05, 3.63) is 60.0 Å². The Bertz CT molecular complexity index is 1090. The Morgan fingerprint density at radius 2 is 1.72 bits per heavy atom. The number of hydrogen-bond donors (Lipinski definition) is 1. The van der Waals surface area contributed by atoms with E-state index in [1.165, 1.54) is 26.2 Å². The molecule has 0 saturated heterocycles. The molecule has 0 aliphatic rings. The summed E-state index contributed by atoms with van der Waals surface area (Å²) in [7, 11) is -0.598. The van der Waals surface area contributed by atoms with Crippen LogP contribution in [0.2, 0.25) is 0 Å². The number of sulfonamides is 1. The number of carbonyl (C=O) groups excluding carboxylic acids is 1. The molecule has 8 nitrogen and oxygen atoms in total. The molecule has 0 saturated carbocycles. The molecule has 0 atom stereocenters. The summed E-state index contributed by atoms with van der Waals surface area (Å²) in [5, 5.41) is 10.4. The second-order valence-electron chi connectivity index (χ2n) is 6.25. The molecule has 0 bridgehead atoms. The van der Waals surface area contributed by atoms with Crippen LogP contribution in [0.1, 0.15) is 16.2 Å². The molecule has 2 aromatic carbocycles. The van der Waals surface area contributed by atoms with Crippen molar-refractivity contribution >= 4 is 27.7 Å². The Labute approximate surface area is 173 Å². The molecule has 1 amide bonds. The molecule has 0 spiro atoms. The van der Waals surface area contributed by atoms with Crippen LogP contribution in [0, 0.1) is 0 Å². The van der Waals surface area contributed by atoms with Gasteiger partial charge in [0.2, 0.25) is 15.9 Å². The van der Waals surface area contributed by atoms with Gasteiger partial charge in [-0.05, 0) is 48.2 Å². The topological polar surface area (TPSA) is 105 Å². The molecular weight excluding hydrogens is 412 g/mol. The molecule has 3 aromatic rings. The Morgan fingerprint density at radius 1 is 1.07 bits per heavy atom. The molecule has 1 heterocycles. The zero-order chi connectivity index (χ0) is 21.0. The Kier molecular flexibility index (Phi) is 6.36. The van der Waals surface area contributed by atoms with E-state index in [1.807, 2.05) is 30.5 Å². The quantitative estimate of drug-likeness (QED) is 0.572. The molecule has 29 heavy (non-hydrogen) atoms. The summed E-state index contributed by atoms with van der Waals surface area (Å²) >= 11 is 1.65. The van der Waals surface area contributed by atoms with Crippen molar-refractivity contribution < 1.29 is 17.6 Å². The molecular formula is C19H20N4O4S2. The van der Waals surface area contributed by atoms with Gasteiger partial charge >= 0.3 is 11.8 Å². The van der Waals surface area contributed by atoms with Crippen LogP contribution in [0.15, 0.2) is 62.7 Å². The maximum absolute atomic E-state index is 12.2. The van der Waals surface area contributed by atoms with E-state index >= 15 is 0 Å². The van der Waals surface area contributed by atoms with Gasteiger partial charge in [0, 0.05) is 31.1 Å². The Morgan fingerprint density at radius 3 is 2.31 bits per heavy atom. The van der Waals surface area contributed by atoms with Crippen LogP contribution in [0.4, 0.5) is 0 Å². The second kappa shape index (κ2) is 8.76. The van der Waals surface area contributed by atoms with Gasteiger partial charge in [0.1, 0.15) is 0 Å². The average molecular weight is 433 g/mol. The summed E-state index contributed by atoms with van der Waals surface area (Å²) in [6.45, 7) is 0.336. The molecule has 1 aromatic heterocycles. The van der Waals surface area contributed by atoms with Crippen molar-refractivity contribution in [3.8, 4) is 11.5 Å². The maximum atomic E-state index is 12.2. The molecule has 152 valence electrons. The van der Waals surface area contributed by atoms with E-state index < -0.39 is 15.9 Å². The van der Waals surface area contributed by atoms with Gasteiger partial charge in [-0.15, -0.1) is 22.0 Å². The monoisotopic (exact) mass is 432 g/mol. The van der Waals surface area contributed by atoms with Crippen LogP contribution in [-0.2, 0) is 16.6 Å². The van der Waals surface area contributed by atoms with Gasteiger partial charge in [0.25, 0.3) is 0 Å².